The minimum absolute atomic E-state index is 0.0148. The quantitative estimate of drug-likeness (QED) is 0.312. The van der Waals surface area contributed by atoms with Crippen molar-refractivity contribution in [1.29, 1.82) is 0 Å². The van der Waals surface area contributed by atoms with Crippen molar-refractivity contribution in [3.63, 3.8) is 0 Å². The van der Waals surface area contributed by atoms with E-state index < -0.39 is 11.9 Å². The largest absolute Gasteiger partial charge is 0.459 e. The van der Waals surface area contributed by atoms with Crippen molar-refractivity contribution < 1.29 is 19.1 Å². The molecule has 0 spiro atoms. The Morgan fingerprint density at radius 2 is 1.56 bits per heavy atom. The fourth-order valence-electron chi connectivity index (χ4n) is 2.18. The van der Waals surface area contributed by atoms with Crippen molar-refractivity contribution >= 4 is 18.0 Å². The highest BCUT2D eigenvalue weighted by Gasteiger charge is 2.24. The molecule has 0 unspecified atom stereocenters. The van der Waals surface area contributed by atoms with E-state index in [-0.39, 0.29) is 23.2 Å². The molecule has 0 amide bonds. The van der Waals surface area contributed by atoms with Crippen LogP contribution in [-0.4, -0.2) is 24.1 Å². The van der Waals surface area contributed by atoms with Crippen molar-refractivity contribution in [2.24, 2.45) is 0 Å². The predicted molar refractivity (Wildman–Crippen MR) is 100 cm³/mol. The maximum Gasteiger partial charge on any atom is 0.345 e. The normalized spacial score (nSPS) is 11.4. The first-order valence-electron chi connectivity index (χ1n) is 8.81. The summed E-state index contributed by atoms with van der Waals surface area (Å²) in [5.74, 6) is -1.33. The molecule has 0 aliphatic carbocycles. The molecule has 1 rings (SSSR count). The second-order valence-corrected chi connectivity index (χ2v) is 7.33. The Balaban J connectivity index is 3.27. The molecule has 4 nitrogen and oxygen atoms in total. The third-order valence-corrected chi connectivity index (χ3v) is 3.99. The van der Waals surface area contributed by atoms with Crippen molar-refractivity contribution in [2.45, 2.75) is 72.5 Å². The summed E-state index contributed by atoms with van der Waals surface area (Å²) in [7, 11) is 0. The fourth-order valence-corrected chi connectivity index (χ4v) is 2.18. The van der Waals surface area contributed by atoms with Gasteiger partial charge < -0.3 is 9.47 Å². The lowest BCUT2D eigenvalue weighted by Gasteiger charge is -2.23. The smallest absolute Gasteiger partial charge is 0.345 e. The van der Waals surface area contributed by atoms with Gasteiger partial charge in [0.05, 0.1) is 12.2 Å². The number of esters is 2. The summed E-state index contributed by atoms with van der Waals surface area (Å²) in [5.41, 5.74) is 1.85. The molecule has 0 aromatic heterocycles. The lowest BCUT2D eigenvalue weighted by Crippen LogP contribution is -2.23. The van der Waals surface area contributed by atoms with Gasteiger partial charge in [-0.1, -0.05) is 45.0 Å². The van der Waals surface area contributed by atoms with Gasteiger partial charge in [-0.25, -0.2) is 9.59 Å². The lowest BCUT2D eigenvalue weighted by molar-refractivity contribution is -0.150. The van der Waals surface area contributed by atoms with E-state index in [4.69, 9.17) is 9.47 Å². The monoisotopic (exact) mass is 346 g/mol. The maximum absolute atomic E-state index is 12.3. The molecule has 0 fully saturated rings. The Morgan fingerprint density at radius 3 is 2.00 bits per heavy atom. The summed E-state index contributed by atoms with van der Waals surface area (Å²) in [6.07, 6.45) is 1.91. The van der Waals surface area contributed by atoms with E-state index in [2.05, 4.69) is 26.8 Å². The lowest BCUT2D eigenvalue weighted by atomic mass is 9.81. The van der Waals surface area contributed by atoms with Crippen LogP contribution in [0.2, 0.25) is 0 Å². The van der Waals surface area contributed by atoms with E-state index >= 15 is 0 Å². The van der Waals surface area contributed by atoms with Gasteiger partial charge in [-0.05, 0) is 56.7 Å². The number of hydrogen-bond acceptors (Lipinski definition) is 4. The molecule has 0 aliphatic rings. The van der Waals surface area contributed by atoms with E-state index in [1.165, 1.54) is 0 Å². The molecule has 1 aromatic rings. The van der Waals surface area contributed by atoms with Crippen LogP contribution in [0.1, 0.15) is 66.0 Å². The first-order valence-corrected chi connectivity index (χ1v) is 8.81. The molecule has 0 saturated heterocycles. The molecule has 4 heteroatoms. The molecule has 0 N–H and O–H groups in total. The third kappa shape index (κ3) is 6.37. The highest BCUT2D eigenvalue weighted by Crippen LogP contribution is 2.27. The zero-order valence-corrected chi connectivity index (χ0v) is 16.4. The van der Waals surface area contributed by atoms with Gasteiger partial charge >= 0.3 is 11.9 Å². The number of hydrogen-bond donors (Lipinski definition) is 0. The van der Waals surface area contributed by atoms with Crippen LogP contribution in [-0.2, 0) is 24.5 Å². The highest BCUT2D eigenvalue weighted by molar-refractivity contribution is 6.17. The summed E-state index contributed by atoms with van der Waals surface area (Å²) in [6, 6.07) is 7.84. The van der Waals surface area contributed by atoms with E-state index in [1.54, 1.807) is 33.8 Å². The van der Waals surface area contributed by atoms with Crippen LogP contribution in [0, 0.1) is 0 Å². The van der Waals surface area contributed by atoms with Crippen LogP contribution >= 0.6 is 0 Å². The number of rotatable bonds is 7. The number of carbonyl (C=O) groups is 2. The minimum atomic E-state index is -0.666. The van der Waals surface area contributed by atoms with Crippen LogP contribution in [0.15, 0.2) is 29.8 Å². The first-order chi connectivity index (χ1) is 11.6. The van der Waals surface area contributed by atoms with E-state index in [0.717, 1.165) is 17.5 Å². The molecule has 0 aliphatic heterocycles. The van der Waals surface area contributed by atoms with Crippen LogP contribution in [0.4, 0.5) is 0 Å². The third-order valence-electron chi connectivity index (χ3n) is 3.99. The molecule has 0 bridgehead atoms. The second-order valence-electron chi connectivity index (χ2n) is 7.33. The summed E-state index contributed by atoms with van der Waals surface area (Å²) < 4.78 is 10.4. The van der Waals surface area contributed by atoms with Crippen LogP contribution in [0.25, 0.3) is 6.08 Å². The number of ether oxygens (including phenoxy) is 2. The highest BCUT2D eigenvalue weighted by atomic mass is 16.6. The molecule has 0 heterocycles. The fraction of sp³-hybridized carbons (Fsp3) is 0.524. The van der Waals surface area contributed by atoms with Crippen molar-refractivity contribution in [3.05, 3.63) is 41.0 Å². The Bertz CT molecular complexity index is 615. The predicted octanol–water partition coefficient (Wildman–Crippen LogP) is 4.66. The maximum atomic E-state index is 12.3. The Kier molecular flexibility index (Phi) is 7.40. The van der Waals surface area contributed by atoms with Gasteiger partial charge in [-0.2, -0.15) is 0 Å². The van der Waals surface area contributed by atoms with Crippen molar-refractivity contribution in [3.8, 4) is 0 Å². The molecule has 138 valence electrons. The van der Waals surface area contributed by atoms with Gasteiger partial charge in [0.1, 0.15) is 5.57 Å². The SMILES string of the molecule is CCC(C)(C)c1cccc(C=C(C(=O)OC(C)C)C(=O)OC(C)C)c1. The number of carbonyl (C=O) groups excluding carboxylic acids is 2. The summed E-state index contributed by atoms with van der Waals surface area (Å²) in [4.78, 5) is 24.7. The minimum Gasteiger partial charge on any atom is -0.459 e. The van der Waals surface area contributed by atoms with Gasteiger partial charge in [0.2, 0.25) is 0 Å². The molecular weight excluding hydrogens is 316 g/mol. The van der Waals surface area contributed by atoms with E-state index in [0.29, 0.717) is 0 Å². The Morgan fingerprint density at radius 1 is 1.04 bits per heavy atom. The average molecular weight is 346 g/mol. The average Bonchev–Trinajstić information content (AvgIpc) is 2.51. The molecule has 0 radical (unpaired) electrons. The summed E-state index contributed by atoms with van der Waals surface area (Å²) in [6.45, 7) is 13.4. The van der Waals surface area contributed by atoms with Gasteiger partial charge in [0, 0.05) is 0 Å². The van der Waals surface area contributed by atoms with Gasteiger partial charge in [0.15, 0.2) is 0 Å². The van der Waals surface area contributed by atoms with E-state index in [9.17, 15) is 9.59 Å². The van der Waals surface area contributed by atoms with Crippen LogP contribution in [0.5, 0.6) is 0 Å². The van der Waals surface area contributed by atoms with Crippen molar-refractivity contribution in [2.75, 3.05) is 0 Å². The topological polar surface area (TPSA) is 52.6 Å². The summed E-state index contributed by atoms with van der Waals surface area (Å²) in [5, 5.41) is 0. The van der Waals surface area contributed by atoms with Crippen LogP contribution < -0.4 is 0 Å². The zero-order valence-electron chi connectivity index (χ0n) is 16.4. The Labute approximate surface area is 151 Å². The number of benzene rings is 1. The molecule has 0 atom stereocenters. The molecular formula is C21H30O4. The van der Waals surface area contributed by atoms with E-state index in [1.807, 2.05) is 18.2 Å². The standard InChI is InChI=1S/C21H30O4/c1-8-21(6,7)17-11-9-10-16(12-17)13-18(19(22)24-14(2)3)20(23)25-15(4)5/h9-15H,8H2,1-7H3. The zero-order chi connectivity index (χ0) is 19.2. The van der Waals surface area contributed by atoms with Gasteiger partial charge in [0.25, 0.3) is 0 Å². The Hall–Kier alpha value is -2.10. The van der Waals surface area contributed by atoms with Gasteiger partial charge in [-0.15, -0.1) is 0 Å². The second kappa shape index (κ2) is 8.84. The molecule has 0 saturated carbocycles. The van der Waals surface area contributed by atoms with Crippen molar-refractivity contribution in [1.82, 2.24) is 0 Å². The van der Waals surface area contributed by atoms with Crippen LogP contribution in [0.3, 0.4) is 0 Å². The first kappa shape index (κ1) is 20.9. The molecule has 1 aromatic carbocycles. The summed E-state index contributed by atoms with van der Waals surface area (Å²) >= 11 is 0. The molecule has 25 heavy (non-hydrogen) atoms. The van der Waals surface area contributed by atoms with Gasteiger partial charge in [-0.3, -0.25) is 0 Å².